The van der Waals surface area contributed by atoms with Crippen LogP contribution in [0.25, 0.3) is 10.8 Å². The Morgan fingerprint density at radius 1 is 0.950 bits per heavy atom. The summed E-state index contributed by atoms with van der Waals surface area (Å²) in [5, 5.41) is 16.9. The van der Waals surface area contributed by atoms with Gasteiger partial charge in [0.05, 0.1) is 13.7 Å². The summed E-state index contributed by atoms with van der Waals surface area (Å²) in [5.41, 5.74) is 4.03. The van der Waals surface area contributed by atoms with Crippen LogP contribution in [0.1, 0.15) is 115 Å². The van der Waals surface area contributed by atoms with E-state index in [2.05, 4.69) is 21.6 Å². The Hall–Kier alpha value is -5.14. The number of methoxy groups -OCH3 is 1. The molecule has 60 heavy (non-hydrogen) atoms. The number of hydrogen-bond acceptors (Lipinski definition) is 8. The van der Waals surface area contributed by atoms with Crippen molar-refractivity contribution in [3.8, 4) is 11.5 Å². The van der Waals surface area contributed by atoms with Gasteiger partial charge in [-0.15, -0.1) is 0 Å². The van der Waals surface area contributed by atoms with E-state index in [4.69, 9.17) is 14.6 Å². The van der Waals surface area contributed by atoms with Gasteiger partial charge in [-0.2, -0.15) is 8.78 Å². The molecule has 3 aliphatic heterocycles. The zero-order valence-corrected chi connectivity index (χ0v) is 34.6. The van der Waals surface area contributed by atoms with Crippen molar-refractivity contribution >= 4 is 34.2 Å². The minimum atomic E-state index is -3.31. The van der Waals surface area contributed by atoms with Crippen molar-refractivity contribution in [1.82, 2.24) is 15.1 Å². The summed E-state index contributed by atoms with van der Waals surface area (Å²) < 4.78 is 55.8. The summed E-state index contributed by atoms with van der Waals surface area (Å²) in [7, 11) is 1.61. The van der Waals surface area contributed by atoms with Gasteiger partial charge in [0, 0.05) is 41.2 Å². The number of ether oxygens (including phenoxy) is 2. The molecule has 2 fully saturated rings. The number of carbonyl (C=O) groups is 3. The SMILES string of the molecule is COc1cc2c(N[C@@H](C)c3cccc(C(F)(F)CO)c3)cc(C)cc2cc1OCCCCCCCN1CCC(c2cc3c(cc2F)C(=O)N(C2CCC(=O)NC2=O)C3)CC1. The van der Waals surface area contributed by atoms with Crippen molar-refractivity contribution in [2.24, 2.45) is 0 Å². The highest BCUT2D eigenvalue weighted by Crippen LogP contribution is 2.39. The van der Waals surface area contributed by atoms with Gasteiger partial charge in [-0.1, -0.05) is 49.6 Å². The number of nitrogens with zero attached hydrogens (tertiary/aromatic N) is 2. The summed E-state index contributed by atoms with van der Waals surface area (Å²) >= 11 is 0. The number of amides is 3. The molecule has 10 nitrogen and oxygen atoms in total. The van der Waals surface area contributed by atoms with E-state index in [9.17, 15) is 23.2 Å². The van der Waals surface area contributed by atoms with E-state index < -0.39 is 24.5 Å². The molecule has 2 saturated heterocycles. The van der Waals surface area contributed by atoms with Gasteiger partial charge in [0.15, 0.2) is 11.5 Å². The highest BCUT2D eigenvalue weighted by atomic mass is 19.3. The van der Waals surface area contributed by atoms with Crippen LogP contribution in [0, 0.1) is 12.7 Å². The van der Waals surface area contributed by atoms with E-state index in [0.29, 0.717) is 34.8 Å². The Morgan fingerprint density at radius 2 is 1.72 bits per heavy atom. The Bertz CT molecular complexity index is 2230. The molecule has 0 radical (unpaired) electrons. The Kier molecular flexibility index (Phi) is 13.3. The second kappa shape index (κ2) is 18.6. The monoisotopic (exact) mass is 828 g/mol. The molecule has 0 aliphatic carbocycles. The normalized spacial score (nSPS) is 18.1. The molecule has 320 valence electrons. The number of unbranched alkanes of at least 4 members (excludes halogenated alkanes) is 4. The first-order valence-corrected chi connectivity index (χ1v) is 21.2. The number of alkyl halides is 2. The molecule has 3 aliphatic rings. The lowest BCUT2D eigenvalue weighted by atomic mass is 9.87. The third kappa shape index (κ3) is 9.57. The maximum atomic E-state index is 15.4. The van der Waals surface area contributed by atoms with Crippen molar-refractivity contribution in [3.05, 3.63) is 99.9 Å². The van der Waals surface area contributed by atoms with Crippen LogP contribution >= 0.6 is 0 Å². The zero-order chi connectivity index (χ0) is 42.6. The van der Waals surface area contributed by atoms with Gasteiger partial charge >= 0.3 is 0 Å². The standard InChI is InChI=1S/C47H55F3N4O6/c1-29-20-33-24-43(42(59-3)26-37(33)40(21-29)51-30(2)32-10-9-11-35(22-32)47(49,50)28-55)60-19-8-6-4-5-7-16-53-17-14-31(15-18-53)36-23-34-27-54(46(58)38(34)25-39(36)48)41-12-13-44(56)52-45(41)57/h9-11,20-26,30-31,41,51,55H,4-8,12-19,27-28H2,1-3H3,(H,52,56,57)/t30-,41?/m0/s1. The lowest BCUT2D eigenvalue weighted by Crippen LogP contribution is -2.52. The molecule has 4 aromatic rings. The molecule has 0 spiro atoms. The lowest BCUT2D eigenvalue weighted by Gasteiger charge is -2.32. The van der Waals surface area contributed by atoms with E-state index in [1.165, 1.54) is 23.1 Å². The number of carbonyl (C=O) groups excluding carboxylic acids is 3. The third-order valence-electron chi connectivity index (χ3n) is 12.3. The molecule has 4 aromatic carbocycles. The first kappa shape index (κ1) is 43.0. The largest absolute Gasteiger partial charge is 0.493 e. The number of aryl methyl sites for hydroxylation is 1. The number of aliphatic hydroxyl groups excluding tert-OH is 1. The Morgan fingerprint density at radius 3 is 2.47 bits per heavy atom. The number of piperidine rings is 2. The third-order valence-corrected chi connectivity index (χ3v) is 12.3. The number of imide groups is 1. The van der Waals surface area contributed by atoms with Gasteiger partial charge in [-0.25, -0.2) is 4.39 Å². The molecule has 3 N–H and O–H groups in total. The number of halogens is 3. The van der Waals surface area contributed by atoms with Crippen LogP contribution in [0.5, 0.6) is 11.5 Å². The molecule has 2 atom stereocenters. The maximum absolute atomic E-state index is 15.4. The fraction of sp³-hybridized carbons (Fsp3) is 0.468. The number of aliphatic hydroxyl groups is 1. The fourth-order valence-corrected chi connectivity index (χ4v) is 8.89. The summed E-state index contributed by atoms with van der Waals surface area (Å²) in [6.45, 7) is 6.26. The van der Waals surface area contributed by atoms with E-state index >= 15 is 4.39 Å². The van der Waals surface area contributed by atoms with E-state index in [0.717, 1.165) is 92.2 Å². The molecule has 3 heterocycles. The van der Waals surface area contributed by atoms with Crippen LogP contribution in [-0.4, -0.2) is 78.6 Å². The Labute approximate surface area is 349 Å². The van der Waals surface area contributed by atoms with Crippen molar-refractivity contribution in [2.75, 3.05) is 45.3 Å². The van der Waals surface area contributed by atoms with Gasteiger partial charge < -0.3 is 29.7 Å². The van der Waals surface area contributed by atoms with E-state index in [1.807, 2.05) is 38.1 Å². The zero-order valence-electron chi connectivity index (χ0n) is 34.6. The number of anilines is 1. The molecule has 7 rings (SSSR count). The molecule has 3 amide bonds. The first-order chi connectivity index (χ1) is 28.8. The number of fused-ring (bicyclic) bond motifs is 2. The smallest absolute Gasteiger partial charge is 0.295 e. The summed E-state index contributed by atoms with van der Waals surface area (Å²) in [6.07, 6.45) is 7.38. The number of benzene rings is 4. The second-order valence-electron chi connectivity index (χ2n) is 16.6. The molecule has 13 heteroatoms. The highest BCUT2D eigenvalue weighted by molar-refractivity contribution is 6.05. The van der Waals surface area contributed by atoms with E-state index in [1.54, 1.807) is 19.2 Å². The average molecular weight is 829 g/mol. The summed E-state index contributed by atoms with van der Waals surface area (Å²) in [6, 6.07) is 16.3. The van der Waals surface area contributed by atoms with Crippen LogP contribution in [-0.2, 0) is 22.1 Å². The quantitative estimate of drug-likeness (QED) is 0.0716. The van der Waals surface area contributed by atoms with Crippen molar-refractivity contribution in [3.63, 3.8) is 0 Å². The lowest BCUT2D eigenvalue weighted by molar-refractivity contribution is -0.136. The van der Waals surface area contributed by atoms with E-state index in [-0.39, 0.29) is 54.5 Å². The van der Waals surface area contributed by atoms with Gasteiger partial charge in [-0.3, -0.25) is 19.7 Å². The minimum Gasteiger partial charge on any atom is -0.493 e. The number of hydrogen-bond donors (Lipinski definition) is 3. The van der Waals surface area contributed by atoms with Gasteiger partial charge in [0.25, 0.3) is 11.8 Å². The number of rotatable bonds is 17. The minimum absolute atomic E-state index is 0.0751. The van der Waals surface area contributed by atoms with Gasteiger partial charge in [0.2, 0.25) is 11.8 Å². The van der Waals surface area contributed by atoms with Crippen molar-refractivity contribution in [1.29, 1.82) is 0 Å². The predicted octanol–water partition coefficient (Wildman–Crippen LogP) is 8.52. The van der Waals surface area contributed by atoms with Crippen LogP contribution in [0.15, 0.2) is 60.7 Å². The molecule has 0 saturated carbocycles. The summed E-state index contributed by atoms with van der Waals surface area (Å²) in [5.74, 6) is -3.49. The molecule has 0 bridgehead atoms. The Balaban J connectivity index is 0.836. The molecule has 1 unspecified atom stereocenters. The van der Waals surface area contributed by atoms with Crippen LogP contribution in [0.4, 0.5) is 18.9 Å². The fourth-order valence-electron chi connectivity index (χ4n) is 8.89. The topological polar surface area (TPSA) is 120 Å². The first-order valence-electron chi connectivity index (χ1n) is 21.2. The maximum Gasteiger partial charge on any atom is 0.295 e. The molecule has 0 aromatic heterocycles. The number of nitrogens with one attached hydrogen (secondary N) is 2. The van der Waals surface area contributed by atoms with Crippen molar-refractivity contribution in [2.45, 2.75) is 102 Å². The average Bonchev–Trinajstić information content (AvgIpc) is 3.55. The number of likely N-dealkylation sites (tertiary alicyclic amines) is 1. The van der Waals surface area contributed by atoms with Crippen LogP contribution in [0.3, 0.4) is 0 Å². The highest BCUT2D eigenvalue weighted by Gasteiger charge is 2.40. The van der Waals surface area contributed by atoms with Gasteiger partial charge in [0.1, 0.15) is 18.5 Å². The van der Waals surface area contributed by atoms with Gasteiger partial charge in [-0.05, 0) is 129 Å². The predicted molar refractivity (Wildman–Crippen MR) is 224 cm³/mol. The molecular weight excluding hydrogens is 774 g/mol. The van der Waals surface area contributed by atoms with Crippen LogP contribution < -0.4 is 20.1 Å². The second-order valence-corrected chi connectivity index (χ2v) is 16.6. The molecular formula is C47H55F3N4O6. The summed E-state index contributed by atoms with van der Waals surface area (Å²) in [4.78, 5) is 41.0. The van der Waals surface area contributed by atoms with Crippen molar-refractivity contribution < 1.29 is 42.1 Å². The van der Waals surface area contributed by atoms with Crippen LogP contribution in [0.2, 0.25) is 0 Å².